The van der Waals surface area contributed by atoms with Crippen molar-refractivity contribution in [2.45, 2.75) is 44.9 Å². The van der Waals surface area contributed by atoms with E-state index in [1.54, 1.807) is 20.8 Å². The van der Waals surface area contributed by atoms with Gasteiger partial charge in [0.25, 0.3) is 0 Å². The van der Waals surface area contributed by atoms with E-state index >= 15 is 0 Å². The molecule has 0 saturated carbocycles. The lowest BCUT2D eigenvalue weighted by atomic mass is 9.87. The van der Waals surface area contributed by atoms with Crippen LogP contribution in [0.4, 0.5) is 0 Å². The number of carbonyl (C=O) groups excluding carboxylic acids is 1. The molecule has 5 heteroatoms. The average Bonchev–Trinajstić information content (AvgIpc) is 2.26. The number of esters is 1. The molecule has 19 heavy (non-hydrogen) atoms. The highest BCUT2D eigenvalue weighted by Gasteiger charge is 2.44. The van der Waals surface area contributed by atoms with E-state index < -0.39 is 23.2 Å². The summed E-state index contributed by atoms with van der Waals surface area (Å²) in [5.41, 5.74) is 3.37. The fourth-order valence-corrected chi connectivity index (χ4v) is 1.64. The summed E-state index contributed by atoms with van der Waals surface area (Å²) in [5.74, 6) is -0.763. The molecule has 0 amide bonds. The minimum atomic E-state index is -1.94. The molecule has 2 atom stereocenters. The van der Waals surface area contributed by atoms with Crippen molar-refractivity contribution in [3.63, 3.8) is 0 Å². The van der Waals surface area contributed by atoms with Crippen molar-refractivity contribution < 1.29 is 19.7 Å². The maximum atomic E-state index is 12.2. The number of ether oxygens (including phenoxy) is 1. The van der Waals surface area contributed by atoms with Gasteiger partial charge >= 0.3 is 5.97 Å². The number of rotatable bonds is 3. The maximum absolute atomic E-state index is 12.2. The molecule has 0 aliphatic heterocycles. The lowest BCUT2D eigenvalue weighted by molar-refractivity contribution is -0.180. The SMILES string of the molecule is CC(N)C(O)(C(=O)OC(C)(C)C)c1ccc(O)cc1. The topological polar surface area (TPSA) is 92.8 Å². The van der Waals surface area contributed by atoms with E-state index in [1.165, 1.54) is 31.2 Å². The minimum absolute atomic E-state index is 0.0416. The second kappa shape index (κ2) is 5.19. The van der Waals surface area contributed by atoms with Crippen molar-refractivity contribution in [2.75, 3.05) is 0 Å². The summed E-state index contributed by atoms with van der Waals surface area (Å²) in [5, 5.41) is 19.9. The number of aromatic hydroxyl groups is 1. The van der Waals surface area contributed by atoms with Gasteiger partial charge in [-0.05, 0) is 45.4 Å². The van der Waals surface area contributed by atoms with E-state index in [2.05, 4.69) is 0 Å². The first-order valence-corrected chi connectivity index (χ1v) is 6.08. The molecule has 0 spiro atoms. The molecular formula is C14H21NO4. The maximum Gasteiger partial charge on any atom is 0.345 e. The Kier molecular flexibility index (Phi) is 4.22. The van der Waals surface area contributed by atoms with E-state index in [0.717, 1.165) is 0 Å². The van der Waals surface area contributed by atoms with Crippen molar-refractivity contribution in [1.82, 2.24) is 0 Å². The molecule has 2 unspecified atom stereocenters. The van der Waals surface area contributed by atoms with E-state index in [-0.39, 0.29) is 11.3 Å². The van der Waals surface area contributed by atoms with Crippen molar-refractivity contribution in [3.8, 4) is 5.75 Å². The molecule has 106 valence electrons. The van der Waals surface area contributed by atoms with Gasteiger partial charge in [-0.15, -0.1) is 0 Å². The van der Waals surface area contributed by atoms with E-state index in [0.29, 0.717) is 0 Å². The molecule has 0 radical (unpaired) electrons. The van der Waals surface area contributed by atoms with Gasteiger partial charge in [-0.3, -0.25) is 0 Å². The molecule has 1 aromatic carbocycles. The van der Waals surface area contributed by atoms with Gasteiger partial charge in [0.2, 0.25) is 5.60 Å². The number of benzene rings is 1. The standard InChI is InChI=1S/C14H21NO4/c1-9(15)14(18,12(17)19-13(2,3)4)10-5-7-11(16)8-6-10/h5-9,16,18H,15H2,1-4H3. The van der Waals surface area contributed by atoms with Crippen molar-refractivity contribution >= 4 is 5.97 Å². The van der Waals surface area contributed by atoms with Crippen LogP contribution in [-0.2, 0) is 15.1 Å². The number of aliphatic hydroxyl groups is 1. The van der Waals surface area contributed by atoms with Crippen LogP contribution in [0.15, 0.2) is 24.3 Å². The molecule has 0 aliphatic carbocycles. The zero-order valence-electron chi connectivity index (χ0n) is 11.7. The molecule has 1 rings (SSSR count). The smallest absolute Gasteiger partial charge is 0.345 e. The normalized spacial score (nSPS) is 16.5. The number of phenols is 1. The lowest BCUT2D eigenvalue weighted by Crippen LogP contribution is -2.52. The molecule has 1 aromatic rings. The summed E-state index contributed by atoms with van der Waals surface area (Å²) in [4.78, 5) is 12.2. The summed E-state index contributed by atoms with van der Waals surface area (Å²) in [6, 6.07) is 4.80. The third kappa shape index (κ3) is 3.45. The highest BCUT2D eigenvalue weighted by Crippen LogP contribution is 2.29. The van der Waals surface area contributed by atoms with Gasteiger partial charge in [-0.1, -0.05) is 12.1 Å². The summed E-state index contributed by atoms with van der Waals surface area (Å²) in [6.45, 7) is 6.66. The van der Waals surface area contributed by atoms with E-state index in [9.17, 15) is 15.0 Å². The predicted molar refractivity (Wildman–Crippen MR) is 71.5 cm³/mol. The average molecular weight is 267 g/mol. The number of phenolic OH excluding ortho intramolecular Hbond substituents is 1. The Bertz CT molecular complexity index is 448. The van der Waals surface area contributed by atoms with Gasteiger partial charge in [-0.25, -0.2) is 4.79 Å². The van der Waals surface area contributed by atoms with Gasteiger partial charge in [0.05, 0.1) is 0 Å². The first-order chi connectivity index (χ1) is 8.57. The minimum Gasteiger partial charge on any atom is -0.508 e. The van der Waals surface area contributed by atoms with Crippen molar-refractivity contribution in [1.29, 1.82) is 0 Å². The zero-order valence-corrected chi connectivity index (χ0v) is 11.7. The molecule has 0 aliphatic rings. The van der Waals surface area contributed by atoms with Gasteiger partial charge < -0.3 is 20.7 Å². The second-order valence-electron chi connectivity index (χ2n) is 5.60. The Balaban J connectivity index is 3.17. The predicted octanol–water partition coefficient (Wildman–Crippen LogP) is 1.27. The van der Waals surface area contributed by atoms with Crippen LogP contribution in [0.5, 0.6) is 5.75 Å². The highest BCUT2D eigenvalue weighted by molar-refractivity contribution is 5.82. The monoisotopic (exact) mass is 267 g/mol. The van der Waals surface area contributed by atoms with Crippen LogP contribution in [0.3, 0.4) is 0 Å². The van der Waals surface area contributed by atoms with Crippen molar-refractivity contribution in [3.05, 3.63) is 29.8 Å². The third-order valence-electron chi connectivity index (χ3n) is 2.68. The van der Waals surface area contributed by atoms with Crippen LogP contribution in [0.2, 0.25) is 0 Å². The van der Waals surface area contributed by atoms with Crippen LogP contribution in [-0.4, -0.2) is 27.8 Å². The molecular weight excluding hydrogens is 246 g/mol. The van der Waals surface area contributed by atoms with Crippen LogP contribution in [0.25, 0.3) is 0 Å². The first-order valence-electron chi connectivity index (χ1n) is 6.08. The lowest BCUT2D eigenvalue weighted by Gasteiger charge is -2.33. The molecule has 0 heterocycles. The van der Waals surface area contributed by atoms with Gasteiger partial charge in [0.15, 0.2) is 0 Å². The zero-order chi connectivity index (χ0) is 14.8. The van der Waals surface area contributed by atoms with E-state index in [1.807, 2.05) is 0 Å². The van der Waals surface area contributed by atoms with Gasteiger partial charge in [0.1, 0.15) is 11.4 Å². The molecule has 0 fully saturated rings. The van der Waals surface area contributed by atoms with Crippen LogP contribution >= 0.6 is 0 Å². The first kappa shape index (κ1) is 15.5. The fourth-order valence-electron chi connectivity index (χ4n) is 1.64. The number of nitrogens with two attached hydrogens (primary N) is 1. The van der Waals surface area contributed by atoms with Crippen LogP contribution in [0, 0.1) is 0 Å². The fraction of sp³-hybridized carbons (Fsp3) is 0.500. The summed E-state index contributed by atoms with van der Waals surface area (Å²) in [7, 11) is 0. The Hall–Kier alpha value is -1.59. The molecule has 0 bridgehead atoms. The van der Waals surface area contributed by atoms with Crippen LogP contribution in [0.1, 0.15) is 33.3 Å². The summed E-state index contributed by atoms with van der Waals surface area (Å²) >= 11 is 0. The van der Waals surface area contributed by atoms with Crippen molar-refractivity contribution in [2.24, 2.45) is 5.73 Å². The highest BCUT2D eigenvalue weighted by atomic mass is 16.6. The third-order valence-corrected chi connectivity index (χ3v) is 2.68. The molecule has 5 nitrogen and oxygen atoms in total. The number of hydrogen-bond acceptors (Lipinski definition) is 5. The van der Waals surface area contributed by atoms with Crippen LogP contribution < -0.4 is 5.73 Å². The Morgan fingerprint density at radius 1 is 1.26 bits per heavy atom. The Morgan fingerprint density at radius 3 is 2.11 bits per heavy atom. The summed E-state index contributed by atoms with van der Waals surface area (Å²) < 4.78 is 5.22. The second-order valence-corrected chi connectivity index (χ2v) is 5.60. The summed E-state index contributed by atoms with van der Waals surface area (Å²) in [6.07, 6.45) is 0. The number of hydrogen-bond donors (Lipinski definition) is 3. The molecule has 0 saturated heterocycles. The Labute approximate surface area is 113 Å². The largest absolute Gasteiger partial charge is 0.508 e. The Morgan fingerprint density at radius 2 is 1.74 bits per heavy atom. The quantitative estimate of drug-likeness (QED) is 0.717. The number of carbonyl (C=O) groups is 1. The van der Waals surface area contributed by atoms with Gasteiger partial charge in [0, 0.05) is 6.04 Å². The molecule has 4 N–H and O–H groups in total. The van der Waals surface area contributed by atoms with Gasteiger partial charge in [-0.2, -0.15) is 0 Å². The van der Waals surface area contributed by atoms with E-state index in [4.69, 9.17) is 10.5 Å². The molecule has 0 aromatic heterocycles.